The molecular weight excluding hydrogens is 243 g/mol. The van der Waals surface area contributed by atoms with Crippen LogP contribution in [-0.4, -0.2) is 11.1 Å². The van der Waals surface area contributed by atoms with Crippen LogP contribution in [0.1, 0.15) is 27.0 Å². The van der Waals surface area contributed by atoms with E-state index in [1.54, 1.807) is 38.1 Å². The molecule has 2 nitrogen and oxygen atoms in total. The molecular formula is C16H15FO2. The van der Waals surface area contributed by atoms with Gasteiger partial charge in [-0.05, 0) is 49.6 Å². The van der Waals surface area contributed by atoms with E-state index < -0.39 is 5.97 Å². The Hall–Kier alpha value is -2.16. The van der Waals surface area contributed by atoms with E-state index in [4.69, 9.17) is 5.11 Å². The molecule has 0 saturated carbocycles. The molecule has 0 aliphatic heterocycles. The van der Waals surface area contributed by atoms with E-state index in [1.807, 2.05) is 6.92 Å². The Morgan fingerprint density at radius 2 is 1.63 bits per heavy atom. The Labute approximate surface area is 111 Å². The summed E-state index contributed by atoms with van der Waals surface area (Å²) in [5.74, 6) is -1.25. The van der Waals surface area contributed by atoms with Gasteiger partial charge in [0, 0.05) is 5.56 Å². The smallest absolute Gasteiger partial charge is 0.336 e. The molecule has 0 bridgehead atoms. The van der Waals surface area contributed by atoms with Crippen LogP contribution in [-0.2, 0) is 0 Å². The predicted octanol–water partition coefficient (Wildman–Crippen LogP) is 4.12. The number of carbonyl (C=O) groups is 1. The molecule has 19 heavy (non-hydrogen) atoms. The Morgan fingerprint density at radius 3 is 2.16 bits per heavy atom. The number of benzene rings is 2. The molecule has 0 amide bonds. The lowest BCUT2D eigenvalue weighted by Gasteiger charge is -2.11. The van der Waals surface area contributed by atoms with Crippen molar-refractivity contribution in [1.29, 1.82) is 0 Å². The van der Waals surface area contributed by atoms with Crippen LogP contribution in [0.5, 0.6) is 0 Å². The van der Waals surface area contributed by atoms with Crippen molar-refractivity contribution >= 4 is 5.97 Å². The van der Waals surface area contributed by atoms with E-state index in [-0.39, 0.29) is 11.4 Å². The van der Waals surface area contributed by atoms with Crippen LogP contribution in [0.4, 0.5) is 4.39 Å². The van der Waals surface area contributed by atoms with E-state index in [9.17, 15) is 9.18 Å². The summed E-state index contributed by atoms with van der Waals surface area (Å²) in [5.41, 5.74) is 3.75. The predicted molar refractivity (Wildman–Crippen MR) is 73.0 cm³/mol. The van der Waals surface area contributed by atoms with Gasteiger partial charge in [0.1, 0.15) is 5.82 Å². The molecule has 2 rings (SSSR count). The van der Waals surface area contributed by atoms with E-state index in [0.29, 0.717) is 22.3 Å². The second kappa shape index (κ2) is 4.84. The molecule has 0 radical (unpaired) electrons. The van der Waals surface area contributed by atoms with Crippen molar-refractivity contribution in [3.8, 4) is 11.1 Å². The van der Waals surface area contributed by atoms with Gasteiger partial charge in [-0.3, -0.25) is 0 Å². The Bertz CT molecular complexity index is 637. The van der Waals surface area contributed by atoms with Crippen molar-refractivity contribution < 1.29 is 14.3 Å². The molecule has 0 spiro atoms. The van der Waals surface area contributed by atoms with Crippen molar-refractivity contribution in [2.24, 2.45) is 0 Å². The zero-order valence-corrected chi connectivity index (χ0v) is 11.1. The third kappa shape index (κ3) is 2.50. The first kappa shape index (κ1) is 13.3. The van der Waals surface area contributed by atoms with E-state index >= 15 is 0 Å². The summed E-state index contributed by atoms with van der Waals surface area (Å²) in [4.78, 5) is 11.1. The van der Waals surface area contributed by atoms with E-state index in [1.165, 1.54) is 6.07 Å². The molecule has 0 aliphatic carbocycles. The van der Waals surface area contributed by atoms with Gasteiger partial charge in [0.05, 0.1) is 5.56 Å². The highest BCUT2D eigenvalue weighted by molar-refractivity contribution is 5.92. The van der Waals surface area contributed by atoms with E-state index in [2.05, 4.69) is 0 Å². The first-order chi connectivity index (χ1) is 8.90. The number of carboxylic acids is 1. The minimum atomic E-state index is -0.953. The normalized spacial score (nSPS) is 10.5. The quantitative estimate of drug-likeness (QED) is 0.879. The van der Waals surface area contributed by atoms with Crippen LogP contribution in [0.3, 0.4) is 0 Å². The number of carboxylic acid groups (broad SMARTS) is 1. The number of aryl methyl sites for hydroxylation is 3. The van der Waals surface area contributed by atoms with E-state index in [0.717, 1.165) is 5.56 Å². The fourth-order valence-corrected chi connectivity index (χ4v) is 2.32. The maximum Gasteiger partial charge on any atom is 0.336 e. The van der Waals surface area contributed by atoms with Crippen molar-refractivity contribution in [2.45, 2.75) is 20.8 Å². The maximum absolute atomic E-state index is 13.9. The number of hydrogen-bond acceptors (Lipinski definition) is 1. The van der Waals surface area contributed by atoms with Crippen molar-refractivity contribution in [3.63, 3.8) is 0 Å². The third-order valence-corrected chi connectivity index (χ3v) is 3.18. The zero-order chi connectivity index (χ0) is 14.2. The molecule has 3 heteroatoms. The van der Waals surface area contributed by atoms with Gasteiger partial charge < -0.3 is 5.11 Å². The van der Waals surface area contributed by atoms with Gasteiger partial charge in [-0.1, -0.05) is 23.8 Å². The minimum absolute atomic E-state index is 0.289. The summed E-state index contributed by atoms with van der Waals surface area (Å²) in [5, 5.41) is 9.13. The van der Waals surface area contributed by atoms with Crippen LogP contribution in [0.15, 0.2) is 30.3 Å². The molecule has 2 aromatic carbocycles. The Kier molecular flexibility index (Phi) is 3.38. The van der Waals surface area contributed by atoms with Gasteiger partial charge in [0.2, 0.25) is 0 Å². The Morgan fingerprint density at radius 1 is 1.05 bits per heavy atom. The van der Waals surface area contributed by atoms with Crippen LogP contribution in [0.2, 0.25) is 0 Å². The average molecular weight is 258 g/mol. The molecule has 1 N–H and O–H groups in total. The summed E-state index contributed by atoms with van der Waals surface area (Å²) in [6.07, 6.45) is 0. The topological polar surface area (TPSA) is 37.3 Å². The summed E-state index contributed by atoms with van der Waals surface area (Å²) in [7, 11) is 0. The van der Waals surface area contributed by atoms with Gasteiger partial charge in [0.25, 0.3) is 0 Å². The number of rotatable bonds is 2. The molecule has 0 fully saturated rings. The fourth-order valence-electron chi connectivity index (χ4n) is 2.32. The van der Waals surface area contributed by atoms with Crippen molar-refractivity contribution in [1.82, 2.24) is 0 Å². The molecule has 0 aromatic heterocycles. The minimum Gasteiger partial charge on any atom is -0.478 e. The number of aromatic carboxylic acids is 1. The summed E-state index contributed by atoms with van der Waals surface area (Å²) in [6.45, 7) is 5.36. The average Bonchev–Trinajstić information content (AvgIpc) is 2.30. The van der Waals surface area contributed by atoms with Gasteiger partial charge >= 0.3 is 5.97 Å². The Balaban J connectivity index is 2.65. The summed E-state index contributed by atoms with van der Waals surface area (Å²) >= 11 is 0. The number of halogens is 1. The lowest BCUT2D eigenvalue weighted by atomic mass is 9.94. The highest BCUT2D eigenvalue weighted by Crippen LogP contribution is 2.28. The second-order valence-corrected chi connectivity index (χ2v) is 4.77. The standard InChI is InChI=1S/C16H15FO2/c1-9-4-5-14(17)13(6-9)12-7-10(2)15(16(18)19)11(3)8-12/h4-8H,1-3H3,(H,18,19). The molecule has 2 aromatic rings. The molecule has 98 valence electrons. The van der Waals surface area contributed by atoms with Gasteiger partial charge in [-0.2, -0.15) is 0 Å². The van der Waals surface area contributed by atoms with Gasteiger partial charge in [-0.25, -0.2) is 9.18 Å². The molecule has 0 unspecified atom stereocenters. The van der Waals surface area contributed by atoms with Crippen LogP contribution in [0.25, 0.3) is 11.1 Å². The second-order valence-electron chi connectivity index (χ2n) is 4.77. The molecule has 0 saturated heterocycles. The number of hydrogen-bond donors (Lipinski definition) is 1. The van der Waals surface area contributed by atoms with Crippen LogP contribution < -0.4 is 0 Å². The fraction of sp³-hybridized carbons (Fsp3) is 0.188. The van der Waals surface area contributed by atoms with Crippen LogP contribution >= 0.6 is 0 Å². The lowest BCUT2D eigenvalue weighted by molar-refractivity contribution is 0.0695. The first-order valence-corrected chi connectivity index (χ1v) is 6.01. The van der Waals surface area contributed by atoms with Crippen molar-refractivity contribution in [3.05, 3.63) is 58.4 Å². The first-order valence-electron chi connectivity index (χ1n) is 6.01. The maximum atomic E-state index is 13.9. The molecule has 0 heterocycles. The monoisotopic (exact) mass is 258 g/mol. The van der Waals surface area contributed by atoms with Crippen molar-refractivity contribution in [2.75, 3.05) is 0 Å². The van der Waals surface area contributed by atoms with Gasteiger partial charge in [0.15, 0.2) is 0 Å². The lowest BCUT2D eigenvalue weighted by Crippen LogP contribution is -2.03. The van der Waals surface area contributed by atoms with Gasteiger partial charge in [-0.15, -0.1) is 0 Å². The largest absolute Gasteiger partial charge is 0.478 e. The molecule has 0 aliphatic rings. The zero-order valence-electron chi connectivity index (χ0n) is 11.1. The molecule has 0 atom stereocenters. The third-order valence-electron chi connectivity index (χ3n) is 3.18. The van der Waals surface area contributed by atoms with Crippen LogP contribution in [0, 0.1) is 26.6 Å². The SMILES string of the molecule is Cc1ccc(F)c(-c2cc(C)c(C(=O)O)c(C)c2)c1. The summed E-state index contributed by atoms with van der Waals surface area (Å²) in [6, 6.07) is 8.34. The highest BCUT2D eigenvalue weighted by atomic mass is 19.1. The highest BCUT2D eigenvalue weighted by Gasteiger charge is 2.14. The summed E-state index contributed by atoms with van der Waals surface area (Å²) < 4.78 is 13.9.